The van der Waals surface area contributed by atoms with Gasteiger partial charge in [0, 0.05) is 16.2 Å². The molecule has 0 fully saturated rings. The van der Waals surface area contributed by atoms with Gasteiger partial charge in [-0.2, -0.15) is 0 Å². The third-order valence-electron chi connectivity index (χ3n) is 3.72. The Bertz CT molecular complexity index is 646. The molecule has 122 valence electrons. The van der Waals surface area contributed by atoms with Gasteiger partial charge in [0.15, 0.2) is 5.13 Å². The van der Waals surface area contributed by atoms with Crippen molar-refractivity contribution in [2.75, 3.05) is 11.1 Å². The third-order valence-corrected chi connectivity index (χ3v) is 5.89. The quantitative estimate of drug-likeness (QED) is 0.608. The van der Waals surface area contributed by atoms with E-state index in [0.29, 0.717) is 6.42 Å². The van der Waals surface area contributed by atoms with E-state index in [2.05, 4.69) is 10.3 Å². The summed E-state index contributed by atoms with van der Waals surface area (Å²) < 4.78 is 12.8. The third kappa shape index (κ3) is 4.78. The first kappa shape index (κ1) is 16.5. The molecule has 0 atom stereocenters. The number of aryl methyl sites for hydroxylation is 2. The number of rotatable bonds is 6. The number of halogens is 1. The zero-order valence-electron chi connectivity index (χ0n) is 12.8. The van der Waals surface area contributed by atoms with Crippen LogP contribution in [0, 0.1) is 5.82 Å². The molecular formula is C17H19FN2OS2. The van der Waals surface area contributed by atoms with Crippen molar-refractivity contribution < 1.29 is 9.18 Å². The van der Waals surface area contributed by atoms with Gasteiger partial charge in [-0.1, -0.05) is 0 Å². The van der Waals surface area contributed by atoms with Gasteiger partial charge in [0.25, 0.3) is 0 Å². The molecule has 6 heteroatoms. The number of amides is 1. The number of carbonyl (C=O) groups excluding carboxylic acids is 1. The maximum Gasteiger partial charge on any atom is 0.226 e. The summed E-state index contributed by atoms with van der Waals surface area (Å²) >= 11 is 3.26. The molecule has 23 heavy (non-hydrogen) atoms. The molecule has 0 saturated carbocycles. The Morgan fingerprint density at radius 1 is 1.26 bits per heavy atom. The fourth-order valence-electron chi connectivity index (χ4n) is 2.54. The summed E-state index contributed by atoms with van der Waals surface area (Å²) in [5.41, 5.74) is 1.17. The standard InChI is InChI=1S/C17H19FN2OS2/c18-12-7-9-13(10-8-12)22-11-3-6-16(21)20-17-19-14-4-1-2-5-15(14)23-17/h7-10H,1-6,11H2,(H,19,20,21). The van der Waals surface area contributed by atoms with Gasteiger partial charge in [0.1, 0.15) is 5.82 Å². The summed E-state index contributed by atoms with van der Waals surface area (Å²) in [5, 5.41) is 3.66. The Morgan fingerprint density at radius 2 is 2.04 bits per heavy atom. The number of anilines is 1. The van der Waals surface area contributed by atoms with Gasteiger partial charge in [-0.3, -0.25) is 4.79 Å². The molecule has 0 unspecified atom stereocenters. The number of hydrogen-bond acceptors (Lipinski definition) is 4. The molecule has 1 aliphatic carbocycles. The van der Waals surface area contributed by atoms with Gasteiger partial charge < -0.3 is 5.32 Å². The molecule has 0 saturated heterocycles. The molecule has 0 aliphatic heterocycles. The van der Waals surface area contributed by atoms with Crippen molar-refractivity contribution in [1.29, 1.82) is 0 Å². The maximum atomic E-state index is 12.8. The fraction of sp³-hybridized carbons (Fsp3) is 0.412. The summed E-state index contributed by atoms with van der Waals surface area (Å²) in [6, 6.07) is 6.44. The first-order valence-corrected chi connectivity index (χ1v) is 9.68. The van der Waals surface area contributed by atoms with Crippen LogP contribution < -0.4 is 5.32 Å². The Balaban J connectivity index is 1.39. The molecule has 0 bridgehead atoms. The van der Waals surface area contributed by atoms with E-state index in [0.717, 1.165) is 35.0 Å². The molecule has 1 amide bonds. The monoisotopic (exact) mass is 350 g/mol. The number of hydrogen-bond donors (Lipinski definition) is 1. The lowest BCUT2D eigenvalue weighted by molar-refractivity contribution is -0.116. The van der Waals surface area contributed by atoms with Crippen molar-refractivity contribution >= 4 is 34.1 Å². The minimum Gasteiger partial charge on any atom is -0.302 e. The van der Waals surface area contributed by atoms with Crippen LogP contribution in [0.25, 0.3) is 0 Å². The van der Waals surface area contributed by atoms with E-state index in [1.807, 2.05) is 0 Å². The van der Waals surface area contributed by atoms with E-state index in [9.17, 15) is 9.18 Å². The molecule has 1 aromatic carbocycles. The largest absolute Gasteiger partial charge is 0.302 e. The molecule has 1 aromatic heterocycles. The molecule has 3 nitrogen and oxygen atoms in total. The molecule has 2 aromatic rings. The number of thioether (sulfide) groups is 1. The van der Waals surface area contributed by atoms with Gasteiger partial charge in [0.05, 0.1) is 5.69 Å². The van der Waals surface area contributed by atoms with Crippen LogP contribution in [0.2, 0.25) is 0 Å². The SMILES string of the molecule is O=C(CCCSc1ccc(F)cc1)Nc1nc2c(s1)CCCC2. The topological polar surface area (TPSA) is 42.0 Å². The van der Waals surface area contributed by atoms with Crippen LogP contribution in [-0.4, -0.2) is 16.6 Å². The van der Waals surface area contributed by atoms with Crippen LogP contribution in [0.1, 0.15) is 36.3 Å². The number of benzene rings is 1. The number of thiazole rings is 1. The van der Waals surface area contributed by atoms with E-state index >= 15 is 0 Å². The maximum absolute atomic E-state index is 12.8. The zero-order chi connectivity index (χ0) is 16.1. The lowest BCUT2D eigenvalue weighted by Gasteiger charge is -2.06. The minimum absolute atomic E-state index is 0.0239. The highest BCUT2D eigenvalue weighted by molar-refractivity contribution is 7.99. The Hall–Kier alpha value is -1.40. The van der Waals surface area contributed by atoms with Crippen LogP contribution in [0.3, 0.4) is 0 Å². The summed E-state index contributed by atoms with van der Waals surface area (Å²) in [6.45, 7) is 0. The van der Waals surface area contributed by atoms with Gasteiger partial charge >= 0.3 is 0 Å². The van der Waals surface area contributed by atoms with E-state index < -0.39 is 0 Å². The second-order valence-electron chi connectivity index (χ2n) is 5.55. The number of nitrogens with zero attached hydrogens (tertiary/aromatic N) is 1. The minimum atomic E-state index is -0.222. The van der Waals surface area contributed by atoms with Crippen LogP contribution in [0.15, 0.2) is 29.2 Å². The molecule has 0 radical (unpaired) electrons. The van der Waals surface area contributed by atoms with Crippen molar-refractivity contribution in [2.45, 2.75) is 43.4 Å². The number of aromatic nitrogens is 1. The van der Waals surface area contributed by atoms with E-state index in [-0.39, 0.29) is 11.7 Å². The molecule has 1 N–H and O–H groups in total. The molecular weight excluding hydrogens is 331 g/mol. The molecule has 0 spiro atoms. The van der Waals surface area contributed by atoms with Crippen molar-refractivity contribution in [2.24, 2.45) is 0 Å². The highest BCUT2D eigenvalue weighted by atomic mass is 32.2. The van der Waals surface area contributed by atoms with Gasteiger partial charge in [-0.15, -0.1) is 23.1 Å². The van der Waals surface area contributed by atoms with Gasteiger partial charge in [-0.25, -0.2) is 9.37 Å². The van der Waals surface area contributed by atoms with E-state index in [1.54, 1.807) is 35.2 Å². The fourth-order valence-corrected chi connectivity index (χ4v) is 4.46. The van der Waals surface area contributed by atoms with Crippen LogP contribution in [0.5, 0.6) is 0 Å². The average molecular weight is 350 g/mol. The van der Waals surface area contributed by atoms with Crippen molar-refractivity contribution in [3.8, 4) is 0 Å². The molecule has 1 heterocycles. The lowest BCUT2D eigenvalue weighted by Crippen LogP contribution is -2.11. The molecule has 3 rings (SSSR count). The highest BCUT2D eigenvalue weighted by Gasteiger charge is 2.16. The number of fused-ring (bicyclic) bond motifs is 1. The Kier molecular flexibility index (Phi) is 5.67. The Labute approximate surface area is 143 Å². The number of carbonyl (C=O) groups is 1. The highest BCUT2D eigenvalue weighted by Crippen LogP contribution is 2.29. The van der Waals surface area contributed by atoms with Crippen LogP contribution >= 0.6 is 23.1 Å². The van der Waals surface area contributed by atoms with Crippen LogP contribution in [-0.2, 0) is 17.6 Å². The smallest absolute Gasteiger partial charge is 0.226 e. The normalized spacial score (nSPS) is 13.6. The van der Waals surface area contributed by atoms with Crippen molar-refractivity contribution in [1.82, 2.24) is 4.98 Å². The average Bonchev–Trinajstić information content (AvgIpc) is 2.95. The summed E-state index contributed by atoms with van der Waals surface area (Å²) in [4.78, 5) is 18.9. The van der Waals surface area contributed by atoms with E-state index in [1.165, 1.54) is 35.5 Å². The first-order valence-electron chi connectivity index (χ1n) is 7.87. The first-order chi connectivity index (χ1) is 11.2. The predicted octanol–water partition coefficient (Wildman–Crippen LogP) is 4.67. The Morgan fingerprint density at radius 3 is 2.83 bits per heavy atom. The summed E-state index contributed by atoms with van der Waals surface area (Å²) in [5.74, 6) is 0.642. The van der Waals surface area contributed by atoms with Crippen molar-refractivity contribution in [3.05, 3.63) is 40.7 Å². The second-order valence-corrected chi connectivity index (χ2v) is 7.80. The van der Waals surface area contributed by atoms with E-state index in [4.69, 9.17) is 0 Å². The van der Waals surface area contributed by atoms with Crippen LogP contribution in [0.4, 0.5) is 9.52 Å². The zero-order valence-corrected chi connectivity index (χ0v) is 14.4. The van der Waals surface area contributed by atoms with Crippen molar-refractivity contribution in [3.63, 3.8) is 0 Å². The lowest BCUT2D eigenvalue weighted by atomic mass is 10.0. The summed E-state index contributed by atoms with van der Waals surface area (Å²) in [7, 11) is 0. The van der Waals surface area contributed by atoms with Gasteiger partial charge in [0.2, 0.25) is 5.91 Å². The predicted molar refractivity (Wildman–Crippen MR) is 93.7 cm³/mol. The molecule has 1 aliphatic rings. The van der Waals surface area contributed by atoms with Gasteiger partial charge in [-0.05, 0) is 62.1 Å². The second kappa shape index (κ2) is 7.93. The summed E-state index contributed by atoms with van der Waals surface area (Å²) in [6.07, 6.45) is 5.83. The number of nitrogens with one attached hydrogen (secondary N) is 1.